The molecule has 0 saturated carbocycles. The monoisotopic (exact) mass is 102 g/mol. The van der Waals surface area contributed by atoms with Crippen LogP contribution in [0.3, 0.4) is 0 Å². The Bertz CT molecular complexity index is 83.8. The maximum absolute atomic E-state index is 7.04. The lowest BCUT2D eigenvalue weighted by atomic mass is 10.5. The molecule has 2 heteroatoms. The highest BCUT2D eigenvalue weighted by Crippen LogP contribution is 2.04. The quantitative estimate of drug-likeness (QED) is 0.447. The fourth-order valence-corrected chi connectivity index (χ4v) is 0.853. The molecule has 0 aliphatic carbocycles. The van der Waals surface area contributed by atoms with E-state index >= 15 is 0 Å². The molecule has 0 aromatic rings. The van der Waals surface area contributed by atoms with Crippen LogP contribution in [0.1, 0.15) is 7.79 Å². The summed E-state index contributed by atoms with van der Waals surface area (Å²) in [6, 6.07) is 0. The van der Waals surface area contributed by atoms with Crippen LogP contribution < -0.4 is 0 Å². The molecule has 0 bridgehead atoms. The fraction of sp³-hybridized carbons (Fsp3) is 0.750. The van der Waals surface area contributed by atoms with E-state index in [2.05, 4.69) is 4.99 Å². The van der Waals surface area contributed by atoms with Gasteiger partial charge in [-0.15, -0.1) is 11.8 Å². The Hall–Kier alpha value is 0.0200. The number of aliphatic imine (C=N–C) groups is 1. The molecule has 6 heavy (non-hydrogen) atoms. The predicted molar refractivity (Wildman–Crippen MR) is 30.4 cm³/mol. The van der Waals surface area contributed by atoms with E-state index in [4.69, 9.17) is 1.37 Å². The summed E-state index contributed by atoms with van der Waals surface area (Å²) in [6.45, 7) is 0. The molecule has 1 aliphatic heterocycles. The third-order valence-electron chi connectivity index (χ3n) is 0.606. The van der Waals surface area contributed by atoms with E-state index in [1.54, 1.807) is 11.8 Å². The van der Waals surface area contributed by atoms with Gasteiger partial charge < -0.3 is 0 Å². The molecular weight excluding hydrogens is 94.1 g/mol. The highest BCUT2D eigenvalue weighted by Gasteiger charge is 1.87. The normalized spacial score (nSPS) is 36.0. The van der Waals surface area contributed by atoms with Gasteiger partial charge in [0, 0.05) is 12.0 Å². The molecule has 1 nitrogen and oxygen atoms in total. The number of hydrogen-bond donors (Lipinski definition) is 0. The molecule has 1 unspecified atom stereocenters. The maximum Gasteiger partial charge on any atom is 0.0840 e. The van der Waals surface area contributed by atoms with E-state index in [9.17, 15) is 0 Å². The highest BCUT2D eigenvalue weighted by molar-refractivity contribution is 7.99. The predicted octanol–water partition coefficient (Wildman–Crippen LogP) is 1.15. The van der Waals surface area contributed by atoms with Crippen molar-refractivity contribution in [3.8, 4) is 0 Å². The van der Waals surface area contributed by atoms with Gasteiger partial charge in [-0.3, -0.25) is 4.99 Å². The van der Waals surface area contributed by atoms with Crippen molar-refractivity contribution in [3.63, 3.8) is 0 Å². The number of hydrogen-bond acceptors (Lipinski definition) is 2. The molecule has 0 saturated heterocycles. The van der Waals surface area contributed by atoms with Gasteiger partial charge in [-0.2, -0.15) is 0 Å². The van der Waals surface area contributed by atoms with Crippen LogP contribution in [0.15, 0.2) is 4.99 Å². The van der Waals surface area contributed by atoms with Gasteiger partial charge in [-0.05, 0) is 6.42 Å². The van der Waals surface area contributed by atoms with Crippen molar-refractivity contribution in [1.29, 1.82) is 0 Å². The average Bonchev–Trinajstić information content (AvgIpc) is 1.69. The van der Waals surface area contributed by atoms with Crippen LogP contribution in [0.2, 0.25) is 0 Å². The smallest absolute Gasteiger partial charge is 0.0840 e. The average molecular weight is 102 g/mol. The van der Waals surface area contributed by atoms with Crippen LogP contribution >= 0.6 is 11.8 Å². The van der Waals surface area contributed by atoms with Crippen molar-refractivity contribution in [3.05, 3.63) is 0 Å². The maximum atomic E-state index is 7.04. The number of thioether (sulfide) groups is 1. The third kappa shape index (κ3) is 1.01. The third-order valence-corrected chi connectivity index (χ3v) is 1.35. The lowest BCUT2D eigenvalue weighted by Gasteiger charge is -1.97. The number of nitrogens with zero attached hydrogens (tertiary/aromatic N) is 1. The van der Waals surface area contributed by atoms with Gasteiger partial charge in [0.15, 0.2) is 0 Å². The number of rotatable bonds is 0. The van der Waals surface area contributed by atoms with Gasteiger partial charge in [-0.1, -0.05) is 0 Å². The highest BCUT2D eigenvalue weighted by atomic mass is 32.2. The van der Waals surface area contributed by atoms with Crippen LogP contribution in [0.5, 0.6) is 0 Å². The van der Waals surface area contributed by atoms with Gasteiger partial charge in [0.25, 0.3) is 0 Å². The fourth-order valence-electron chi connectivity index (χ4n) is 0.334. The Balaban J connectivity index is 2.36. The van der Waals surface area contributed by atoms with E-state index < -0.39 is 0 Å². The molecule has 34 valence electrons. The zero-order valence-corrected chi connectivity index (χ0v) is 4.24. The summed E-state index contributed by atoms with van der Waals surface area (Å²) in [6.07, 6.45) is 2.87. The molecule has 0 amide bonds. The molecule has 1 atom stereocenters. The molecule has 1 aliphatic rings. The van der Waals surface area contributed by atoms with E-state index in [0.29, 0.717) is 0 Å². The standard InChI is InChI=1S/C4H7NS/c1-2-5-4-6-3-1/h2H,1,3-4H2/i4D. The van der Waals surface area contributed by atoms with Crippen LogP contribution in [0.25, 0.3) is 0 Å². The SMILES string of the molecule is [2H]C1N=CCCS1. The van der Waals surface area contributed by atoms with Crippen molar-refractivity contribution < 1.29 is 1.37 Å². The second kappa shape index (κ2) is 2.24. The molecule has 1 rings (SSSR count). The first-order valence-electron chi connectivity index (χ1n) is 2.53. The van der Waals surface area contributed by atoms with E-state index in [1.165, 1.54) is 0 Å². The van der Waals surface area contributed by atoms with Crippen LogP contribution in [0.4, 0.5) is 0 Å². The summed E-state index contributed by atoms with van der Waals surface area (Å²) >= 11 is 1.59. The molecule has 0 spiro atoms. The van der Waals surface area contributed by atoms with Crippen molar-refractivity contribution >= 4 is 18.0 Å². The summed E-state index contributed by atoms with van der Waals surface area (Å²) < 4.78 is 7.04. The molecule has 1 heterocycles. The van der Waals surface area contributed by atoms with Gasteiger partial charge in [0.05, 0.1) is 7.22 Å². The Morgan fingerprint density at radius 1 is 2.00 bits per heavy atom. The summed E-state index contributed by atoms with van der Waals surface area (Å²) in [5, 5.41) is 0. The van der Waals surface area contributed by atoms with Crippen molar-refractivity contribution in [2.45, 2.75) is 6.42 Å². The molecule has 0 radical (unpaired) electrons. The summed E-state index contributed by atoms with van der Waals surface area (Å²) in [5.41, 5.74) is 0. The van der Waals surface area contributed by atoms with Gasteiger partial charge in [-0.25, -0.2) is 0 Å². The minimum Gasteiger partial charge on any atom is -0.287 e. The zero-order valence-electron chi connectivity index (χ0n) is 4.42. The Morgan fingerprint density at radius 3 is 3.33 bits per heavy atom. The zero-order chi connectivity index (χ0) is 5.11. The second-order valence-corrected chi connectivity index (χ2v) is 2.05. The van der Waals surface area contributed by atoms with E-state index in [1.807, 2.05) is 6.21 Å². The first-order valence-corrected chi connectivity index (χ1v) is 3.00. The van der Waals surface area contributed by atoms with E-state index in [0.717, 1.165) is 12.2 Å². The van der Waals surface area contributed by atoms with Gasteiger partial charge in [0.1, 0.15) is 0 Å². The van der Waals surface area contributed by atoms with Crippen LogP contribution in [-0.4, -0.2) is 17.8 Å². The lowest BCUT2D eigenvalue weighted by Crippen LogP contribution is -1.88. The largest absolute Gasteiger partial charge is 0.287 e. The molecular formula is C4H7NS. The van der Waals surface area contributed by atoms with E-state index in [-0.39, 0.29) is 5.85 Å². The van der Waals surface area contributed by atoms with Crippen molar-refractivity contribution in [2.24, 2.45) is 4.99 Å². The topological polar surface area (TPSA) is 12.4 Å². The van der Waals surface area contributed by atoms with Crippen molar-refractivity contribution in [1.82, 2.24) is 0 Å². The molecule has 0 aromatic heterocycles. The van der Waals surface area contributed by atoms with Crippen LogP contribution in [0, 0.1) is 0 Å². The molecule has 0 fully saturated rings. The lowest BCUT2D eigenvalue weighted by molar-refractivity contribution is 1.24. The minimum atomic E-state index is -0.228. The van der Waals surface area contributed by atoms with Gasteiger partial charge >= 0.3 is 0 Å². The first-order chi connectivity index (χ1) is 3.39. The summed E-state index contributed by atoms with van der Waals surface area (Å²) in [4.78, 5) is 3.83. The Kier molecular flexibility index (Phi) is 1.15. The summed E-state index contributed by atoms with van der Waals surface area (Å²) in [5.74, 6) is 0.839. The first kappa shape index (κ1) is 3.08. The molecule has 0 aromatic carbocycles. The second-order valence-electron chi connectivity index (χ2n) is 1.10. The van der Waals surface area contributed by atoms with Crippen molar-refractivity contribution in [2.75, 3.05) is 11.6 Å². The Labute approximate surface area is 43.3 Å². The Morgan fingerprint density at radius 2 is 3.00 bits per heavy atom. The minimum absolute atomic E-state index is 0.228. The summed E-state index contributed by atoms with van der Waals surface area (Å²) in [7, 11) is 0. The van der Waals surface area contributed by atoms with Crippen LogP contribution in [-0.2, 0) is 0 Å². The van der Waals surface area contributed by atoms with Gasteiger partial charge in [0.2, 0.25) is 0 Å². The molecule has 0 N–H and O–H groups in total.